The Morgan fingerprint density at radius 1 is 1.32 bits per heavy atom. The van der Waals surface area contributed by atoms with E-state index in [4.69, 9.17) is 0 Å². The van der Waals surface area contributed by atoms with E-state index in [1.54, 1.807) is 0 Å². The molecule has 1 aromatic carbocycles. The molecule has 1 saturated heterocycles. The van der Waals surface area contributed by atoms with Crippen LogP contribution in [0, 0.1) is 5.92 Å². The van der Waals surface area contributed by atoms with Gasteiger partial charge < -0.3 is 15.4 Å². The summed E-state index contributed by atoms with van der Waals surface area (Å²) in [6.07, 6.45) is -4.01. The van der Waals surface area contributed by atoms with Crippen molar-refractivity contribution in [3.8, 4) is 0 Å². The zero-order valence-electron chi connectivity index (χ0n) is 11.8. The number of carbonyl (C=O) groups is 2. The van der Waals surface area contributed by atoms with Gasteiger partial charge in [-0.15, -0.1) is 0 Å². The van der Waals surface area contributed by atoms with Crippen LogP contribution in [0.15, 0.2) is 18.2 Å². The van der Waals surface area contributed by atoms with Gasteiger partial charge in [-0.3, -0.25) is 4.79 Å². The molecule has 0 bridgehead atoms. The second-order valence-corrected chi connectivity index (χ2v) is 4.97. The summed E-state index contributed by atoms with van der Waals surface area (Å²) >= 11 is 0. The minimum Gasteiger partial charge on any atom is -0.465 e. The molecule has 120 valence electrons. The third-order valence-electron chi connectivity index (χ3n) is 3.38. The van der Waals surface area contributed by atoms with Crippen LogP contribution in [0.4, 0.5) is 18.9 Å². The summed E-state index contributed by atoms with van der Waals surface area (Å²) in [5.74, 6) is -1.57. The molecule has 1 fully saturated rings. The highest BCUT2D eigenvalue weighted by atomic mass is 19.4. The molecule has 2 N–H and O–H groups in total. The van der Waals surface area contributed by atoms with Crippen LogP contribution in [0.5, 0.6) is 0 Å². The molecular weight excluding hydrogens is 301 g/mol. The van der Waals surface area contributed by atoms with Crippen molar-refractivity contribution in [2.24, 2.45) is 5.92 Å². The predicted molar refractivity (Wildman–Crippen MR) is 72.4 cm³/mol. The van der Waals surface area contributed by atoms with E-state index in [0.29, 0.717) is 25.6 Å². The van der Waals surface area contributed by atoms with Crippen LogP contribution >= 0.6 is 0 Å². The molecule has 0 unspecified atom stereocenters. The van der Waals surface area contributed by atoms with Crippen LogP contribution < -0.4 is 10.6 Å². The summed E-state index contributed by atoms with van der Waals surface area (Å²) in [6, 6.07) is 2.66. The number of alkyl halides is 3. The number of hydrogen-bond donors (Lipinski definition) is 2. The average Bonchev–Trinajstić information content (AvgIpc) is 2.99. The Kier molecular flexibility index (Phi) is 4.70. The number of nitrogens with one attached hydrogen (secondary N) is 2. The summed E-state index contributed by atoms with van der Waals surface area (Å²) in [6.45, 7) is 1.17. The minimum absolute atomic E-state index is 0.0767. The Bertz CT molecular complexity index is 581. The van der Waals surface area contributed by atoms with Crippen molar-refractivity contribution in [3.63, 3.8) is 0 Å². The van der Waals surface area contributed by atoms with Crippen molar-refractivity contribution < 1.29 is 27.5 Å². The van der Waals surface area contributed by atoms with Gasteiger partial charge in [-0.1, -0.05) is 0 Å². The van der Waals surface area contributed by atoms with Crippen molar-refractivity contribution in [1.29, 1.82) is 0 Å². The number of carbonyl (C=O) groups excluding carboxylic acids is 2. The summed E-state index contributed by atoms with van der Waals surface area (Å²) in [5.41, 5.74) is -1.36. The van der Waals surface area contributed by atoms with Crippen LogP contribution in [-0.2, 0) is 15.7 Å². The number of anilines is 1. The standard InChI is InChI=1S/C14H15F3N2O3/c1-22-13(21)9-4-10(14(15,16)17)6-11(5-9)19-12(20)8-2-3-18-7-8/h4-6,8,18H,2-3,7H2,1H3,(H,19,20)/t8-/m0/s1. The van der Waals surface area contributed by atoms with Gasteiger partial charge in [-0.2, -0.15) is 13.2 Å². The maximum absolute atomic E-state index is 12.9. The van der Waals surface area contributed by atoms with Crippen LogP contribution in [0.2, 0.25) is 0 Å². The van der Waals surface area contributed by atoms with Gasteiger partial charge in [0, 0.05) is 12.2 Å². The SMILES string of the molecule is COC(=O)c1cc(NC(=O)[C@H]2CCNC2)cc(C(F)(F)F)c1. The van der Waals surface area contributed by atoms with Crippen LogP contribution in [-0.4, -0.2) is 32.1 Å². The summed E-state index contributed by atoms with van der Waals surface area (Å²) in [5, 5.41) is 5.43. The first-order chi connectivity index (χ1) is 10.3. The molecule has 1 aliphatic rings. The third-order valence-corrected chi connectivity index (χ3v) is 3.38. The summed E-state index contributed by atoms with van der Waals surface area (Å²) in [4.78, 5) is 23.5. The number of ether oxygens (including phenoxy) is 1. The van der Waals surface area contributed by atoms with Crippen molar-refractivity contribution in [2.75, 3.05) is 25.5 Å². The largest absolute Gasteiger partial charge is 0.465 e. The topological polar surface area (TPSA) is 67.4 Å². The summed E-state index contributed by atoms with van der Waals surface area (Å²) < 4.78 is 43.1. The van der Waals surface area contributed by atoms with Crippen molar-refractivity contribution in [1.82, 2.24) is 5.32 Å². The van der Waals surface area contributed by atoms with Crippen LogP contribution in [0.3, 0.4) is 0 Å². The molecular formula is C14H15F3N2O3. The highest BCUT2D eigenvalue weighted by Crippen LogP contribution is 2.32. The molecule has 0 saturated carbocycles. The molecule has 1 aliphatic heterocycles. The smallest absolute Gasteiger partial charge is 0.416 e. The molecule has 22 heavy (non-hydrogen) atoms. The van der Waals surface area contributed by atoms with Gasteiger partial charge in [0.25, 0.3) is 0 Å². The van der Waals surface area contributed by atoms with Gasteiger partial charge >= 0.3 is 12.1 Å². The molecule has 5 nitrogen and oxygen atoms in total. The number of rotatable bonds is 3. The normalized spacial score (nSPS) is 18.1. The lowest BCUT2D eigenvalue weighted by molar-refractivity contribution is -0.137. The second kappa shape index (κ2) is 6.35. The van der Waals surface area contributed by atoms with E-state index in [-0.39, 0.29) is 23.1 Å². The van der Waals surface area contributed by atoms with E-state index in [2.05, 4.69) is 15.4 Å². The third kappa shape index (κ3) is 3.76. The molecule has 0 aromatic heterocycles. The number of hydrogen-bond acceptors (Lipinski definition) is 4. The van der Waals surface area contributed by atoms with Gasteiger partial charge in [-0.05, 0) is 31.2 Å². The van der Waals surface area contributed by atoms with Gasteiger partial charge in [-0.25, -0.2) is 4.79 Å². The highest BCUT2D eigenvalue weighted by molar-refractivity contribution is 5.96. The van der Waals surface area contributed by atoms with E-state index >= 15 is 0 Å². The zero-order valence-corrected chi connectivity index (χ0v) is 11.8. The fourth-order valence-corrected chi connectivity index (χ4v) is 2.22. The summed E-state index contributed by atoms with van der Waals surface area (Å²) in [7, 11) is 1.07. The molecule has 0 spiro atoms. The number of esters is 1. The Hall–Kier alpha value is -2.09. The Balaban J connectivity index is 2.29. The number of halogens is 3. The lowest BCUT2D eigenvalue weighted by atomic mass is 10.1. The van der Waals surface area contributed by atoms with E-state index in [1.807, 2.05) is 0 Å². The molecule has 1 atom stereocenters. The van der Waals surface area contributed by atoms with Crippen LogP contribution in [0.1, 0.15) is 22.3 Å². The number of amides is 1. The fraction of sp³-hybridized carbons (Fsp3) is 0.429. The quantitative estimate of drug-likeness (QED) is 0.838. The molecule has 1 aromatic rings. The van der Waals surface area contributed by atoms with E-state index < -0.39 is 17.7 Å². The van der Waals surface area contributed by atoms with Crippen LogP contribution in [0.25, 0.3) is 0 Å². The van der Waals surface area contributed by atoms with Crippen molar-refractivity contribution in [3.05, 3.63) is 29.3 Å². The van der Waals surface area contributed by atoms with Crippen molar-refractivity contribution >= 4 is 17.6 Å². The van der Waals surface area contributed by atoms with E-state index in [1.165, 1.54) is 6.07 Å². The highest BCUT2D eigenvalue weighted by Gasteiger charge is 2.32. The number of benzene rings is 1. The van der Waals surface area contributed by atoms with Crippen molar-refractivity contribution in [2.45, 2.75) is 12.6 Å². The molecule has 0 radical (unpaired) electrons. The predicted octanol–water partition coefficient (Wildman–Crippen LogP) is 2.04. The Labute approximate surface area is 124 Å². The first kappa shape index (κ1) is 16.3. The van der Waals surface area contributed by atoms with Gasteiger partial charge in [0.05, 0.1) is 24.2 Å². The van der Waals surface area contributed by atoms with E-state index in [0.717, 1.165) is 13.2 Å². The second-order valence-electron chi connectivity index (χ2n) is 4.97. The molecule has 2 rings (SSSR count). The molecule has 1 amide bonds. The first-order valence-electron chi connectivity index (χ1n) is 6.63. The number of methoxy groups -OCH3 is 1. The molecule has 1 heterocycles. The van der Waals surface area contributed by atoms with Gasteiger partial charge in [0.1, 0.15) is 0 Å². The molecule has 8 heteroatoms. The zero-order chi connectivity index (χ0) is 16.3. The monoisotopic (exact) mass is 316 g/mol. The average molecular weight is 316 g/mol. The maximum Gasteiger partial charge on any atom is 0.416 e. The van der Waals surface area contributed by atoms with Gasteiger partial charge in [0.15, 0.2) is 0 Å². The van der Waals surface area contributed by atoms with Gasteiger partial charge in [0.2, 0.25) is 5.91 Å². The lowest BCUT2D eigenvalue weighted by Gasteiger charge is -2.14. The molecule has 0 aliphatic carbocycles. The Morgan fingerprint density at radius 2 is 2.05 bits per heavy atom. The fourth-order valence-electron chi connectivity index (χ4n) is 2.22. The first-order valence-corrected chi connectivity index (χ1v) is 6.63. The maximum atomic E-state index is 12.9. The minimum atomic E-state index is -4.63. The lowest BCUT2D eigenvalue weighted by Crippen LogP contribution is -2.25. The Morgan fingerprint density at radius 3 is 2.59 bits per heavy atom. The van der Waals surface area contributed by atoms with E-state index in [9.17, 15) is 22.8 Å².